The summed E-state index contributed by atoms with van der Waals surface area (Å²) in [5.74, 6) is -1.16. The van der Waals surface area contributed by atoms with Gasteiger partial charge in [0.1, 0.15) is 36.7 Å². The Bertz CT molecular complexity index is 762. The SMILES string of the molecule is O=C(O)[C@H](Cc1c[nH]c2ccccc12)NC1O[C@H](CO)[C@@H](O)[C@H](O)[C@H]1O. The summed E-state index contributed by atoms with van der Waals surface area (Å²) in [7, 11) is 0. The van der Waals surface area contributed by atoms with E-state index >= 15 is 0 Å². The molecule has 1 aromatic carbocycles. The molecule has 9 heteroatoms. The fourth-order valence-electron chi connectivity index (χ4n) is 3.18. The van der Waals surface area contributed by atoms with Gasteiger partial charge in [0.2, 0.25) is 0 Å². The minimum Gasteiger partial charge on any atom is -0.480 e. The summed E-state index contributed by atoms with van der Waals surface area (Å²) in [6, 6.07) is 6.34. The molecule has 1 fully saturated rings. The fraction of sp³-hybridized carbons (Fsp3) is 0.471. The van der Waals surface area contributed by atoms with E-state index in [4.69, 9.17) is 4.74 Å². The Labute approximate surface area is 148 Å². The first-order chi connectivity index (χ1) is 12.4. The smallest absolute Gasteiger partial charge is 0.321 e. The molecule has 3 rings (SSSR count). The van der Waals surface area contributed by atoms with Crippen LogP contribution in [0.4, 0.5) is 0 Å². The molecule has 1 unspecified atom stereocenters. The topological polar surface area (TPSA) is 155 Å². The molecule has 0 radical (unpaired) electrons. The van der Waals surface area contributed by atoms with E-state index in [1.807, 2.05) is 24.3 Å². The van der Waals surface area contributed by atoms with Crippen LogP contribution in [0.1, 0.15) is 5.56 Å². The standard InChI is InChI=1S/C17H22N2O7/c20-7-12-13(21)14(22)15(23)16(26-12)19-11(17(24)25)5-8-6-18-10-4-2-1-3-9(8)10/h1-4,6,11-16,18-23H,5,7H2,(H,24,25)/t11-,12+,13+,14-,15+,16?/m0/s1. The van der Waals surface area contributed by atoms with Gasteiger partial charge in [-0.25, -0.2) is 0 Å². The van der Waals surface area contributed by atoms with E-state index in [0.29, 0.717) is 0 Å². The Kier molecular flexibility index (Phi) is 5.56. The molecule has 142 valence electrons. The highest BCUT2D eigenvalue weighted by atomic mass is 16.6. The van der Waals surface area contributed by atoms with Crippen molar-refractivity contribution in [2.45, 2.75) is 43.1 Å². The van der Waals surface area contributed by atoms with E-state index in [9.17, 15) is 30.3 Å². The number of aliphatic hydroxyl groups is 4. The molecule has 0 saturated carbocycles. The maximum Gasteiger partial charge on any atom is 0.321 e. The Morgan fingerprint density at radius 2 is 1.92 bits per heavy atom. The predicted octanol–water partition coefficient (Wildman–Crippen LogP) is -1.45. The van der Waals surface area contributed by atoms with Crippen molar-refractivity contribution >= 4 is 16.9 Å². The van der Waals surface area contributed by atoms with Crippen molar-refractivity contribution in [2.75, 3.05) is 6.61 Å². The Morgan fingerprint density at radius 1 is 1.19 bits per heavy atom. The summed E-state index contributed by atoms with van der Waals surface area (Å²) in [4.78, 5) is 14.7. The Balaban J connectivity index is 1.77. The number of para-hydroxylation sites is 1. The number of aromatic nitrogens is 1. The van der Waals surface area contributed by atoms with Crippen LogP contribution in [0, 0.1) is 0 Å². The summed E-state index contributed by atoms with van der Waals surface area (Å²) < 4.78 is 5.33. The van der Waals surface area contributed by atoms with E-state index in [-0.39, 0.29) is 6.42 Å². The molecule has 1 aliphatic heterocycles. The predicted molar refractivity (Wildman–Crippen MR) is 90.3 cm³/mol. The van der Waals surface area contributed by atoms with Crippen molar-refractivity contribution in [1.82, 2.24) is 10.3 Å². The molecule has 2 aromatic rings. The molecule has 0 amide bonds. The zero-order chi connectivity index (χ0) is 18.8. The van der Waals surface area contributed by atoms with Gasteiger partial charge in [0.25, 0.3) is 0 Å². The van der Waals surface area contributed by atoms with Gasteiger partial charge in [-0.3, -0.25) is 10.1 Å². The maximum absolute atomic E-state index is 11.7. The molecule has 1 aromatic heterocycles. The third kappa shape index (κ3) is 3.58. The number of ether oxygens (including phenoxy) is 1. The first-order valence-electron chi connectivity index (χ1n) is 8.26. The van der Waals surface area contributed by atoms with Gasteiger partial charge in [0, 0.05) is 23.5 Å². The lowest BCUT2D eigenvalue weighted by atomic mass is 9.97. The summed E-state index contributed by atoms with van der Waals surface area (Å²) in [5, 5.41) is 52.0. The number of nitrogens with one attached hydrogen (secondary N) is 2. The van der Waals surface area contributed by atoms with Crippen LogP contribution < -0.4 is 5.32 Å². The van der Waals surface area contributed by atoms with Gasteiger partial charge in [-0.15, -0.1) is 0 Å². The molecule has 2 heterocycles. The number of fused-ring (bicyclic) bond motifs is 1. The van der Waals surface area contributed by atoms with Gasteiger partial charge in [-0.1, -0.05) is 18.2 Å². The van der Waals surface area contributed by atoms with E-state index in [1.54, 1.807) is 6.20 Å². The lowest BCUT2D eigenvalue weighted by molar-refractivity contribution is -0.238. The van der Waals surface area contributed by atoms with Crippen molar-refractivity contribution in [2.24, 2.45) is 0 Å². The van der Waals surface area contributed by atoms with Crippen LogP contribution in [0.2, 0.25) is 0 Å². The van der Waals surface area contributed by atoms with Crippen LogP contribution in [0.3, 0.4) is 0 Å². The molecule has 6 atom stereocenters. The van der Waals surface area contributed by atoms with Crippen LogP contribution in [0.25, 0.3) is 10.9 Å². The number of carboxylic acid groups (broad SMARTS) is 1. The van der Waals surface area contributed by atoms with E-state index in [0.717, 1.165) is 16.5 Å². The molecular weight excluding hydrogens is 344 g/mol. The lowest BCUT2D eigenvalue weighted by Gasteiger charge is -2.41. The van der Waals surface area contributed by atoms with E-state index < -0.39 is 49.3 Å². The fourth-order valence-corrected chi connectivity index (χ4v) is 3.18. The van der Waals surface area contributed by atoms with Gasteiger partial charge < -0.3 is 35.3 Å². The highest BCUT2D eigenvalue weighted by Gasteiger charge is 2.44. The number of aromatic amines is 1. The quantitative estimate of drug-likeness (QED) is 0.328. The van der Waals surface area contributed by atoms with Gasteiger partial charge in [-0.05, 0) is 11.6 Å². The van der Waals surface area contributed by atoms with Crippen LogP contribution in [0.15, 0.2) is 30.5 Å². The van der Waals surface area contributed by atoms with E-state index in [1.165, 1.54) is 0 Å². The number of hydrogen-bond donors (Lipinski definition) is 7. The number of benzene rings is 1. The van der Waals surface area contributed by atoms with E-state index in [2.05, 4.69) is 10.3 Å². The average molecular weight is 366 g/mol. The zero-order valence-corrected chi connectivity index (χ0v) is 13.8. The number of hydrogen-bond acceptors (Lipinski definition) is 7. The molecule has 1 aliphatic rings. The number of carbonyl (C=O) groups is 1. The van der Waals surface area contributed by atoms with Gasteiger partial charge in [0.15, 0.2) is 0 Å². The minimum atomic E-state index is -1.57. The average Bonchev–Trinajstić information content (AvgIpc) is 3.04. The van der Waals surface area contributed by atoms with Crippen molar-refractivity contribution in [3.8, 4) is 0 Å². The molecule has 0 bridgehead atoms. The van der Waals surface area contributed by atoms with Crippen LogP contribution in [0.5, 0.6) is 0 Å². The first-order valence-corrected chi connectivity index (χ1v) is 8.26. The highest BCUT2D eigenvalue weighted by Crippen LogP contribution is 2.22. The number of H-pyrrole nitrogens is 1. The highest BCUT2D eigenvalue weighted by molar-refractivity contribution is 5.84. The van der Waals surface area contributed by atoms with Crippen LogP contribution in [-0.2, 0) is 16.0 Å². The largest absolute Gasteiger partial charge is 0.480 e. The van der Waals surface area contributed by atoms with Gasteiger partial charge in [0.05, 0.1) is 6.61 Å². The summed E-state index contributed by atoms with van der Waals surface area (Å²) in [6.07, 6.45) is -5.14. The Hall–Kier alpha value is -2.01. The number of carboxylic acids is 1. The molecular formula is C17H22N2O7. The van der Waals surface area contributed by atoms with Gasteiger partial charge in [-0.2, -0.15) is 0 Å². The second-order valence-electron chi connectivity index (χ2n) is 6.37. The third-order valence-electron chi connectivity index (χ3n) is 4.65. The number of rotatable bonds is 6. The van der Waals surface area contributed by atoms with Gasteiger partial charge >= 0.3 is 5.97 Å². The van der Waals surface area contributed by atoms with Crippen molar-refractivity contribution in [1.29, 1.82) is 0 Å². The molecule has 7 N–H and O–H groups in total. The van der Waals surface area contributed by atoms with Crippen LogP contribution in [-0.4, -0.2) is 79.8 Å². The Morgan fingerprint density at radius 3 is 2.62 bits per heavy atom. The normalized spacial score (nSPS) is 30.4. The zero-order valence-electron chi connectivity index (χ0n) is 13.8. The second-order valence-corrected chi connectivity index (χ2v) is 6.37. The molecule has 0 aliphatic carbocycles. The number of aliphatic hydroxyl groups excluding tert-OH is 4. The summed E-state index contributed by atoms with van der Waals surface area (Å²) in [6.45, 7) is -0.580. The minimum absolute atomic E-state index is 0.106. The molecule has 1 saturated heterocycles. The van der Waals surface area contributed by atoms with Crippen molar-refractivity contribution in [3.63, 3.8) is 0 Å². The summed E-state index contributed by atoms with van der Waals surface area (Å²) in [5.41, 5.74) is 1.64. The monoisotopic (exact) mass is 366 g/mol. The second kappa shape index (κ2) is 7.70. The van der Waals surface area contributed by atoms with Crippen molar-refractivity contribution < 1.29 is 35.1 Å². The third-order valence-corrected chi connectivity index (χ3v) is 4.65. The van der Waals surface area contributed by atoms with Crippen molar-refractivity contribution in [3.05, 3.63) is 36.0 Å². The molecule has 9 nitrogen and oxygen atoms in total. The maximum atomic E-state index is 11.7. The summed E-state index contributed by atoms with van der Waals surface area (Å²) >= 11 is 0. The van der Waals surface area contributed by atoms with Crippen LogP contribution >= 0.6 is 0 Å². The molecule has 26 heavy (non-hydrogen) atoms. The lowest BCUT2D eigenvalue weighted by Crippen LogP contribution is -2.64. The number of aliphatic carboxylic acids is 1. The first kappa shape index (κ1) is 18.8. The molecule has 0 spiro atoms.